The Morgan fingerprint density at radius 1 is 0.941 bits per heavy atom. The minimum atomic E-state index is -0.227. The predicted molar refractivity (Wildman–Crippen MR) is 132 cm³/mol. The third kappa shape index (κ3) is 6.50. The van der Waals surface area contributed by atoms with Crippen molar-refractivity contribution < 1.29 is 14.3 Å². The van der Waals surface area contributed by atoms with Gasteiger partial charge in [-0.2, -0.15) is 0 Å². The number of hydrogen-bond donors (Lipinski definition) is 2. The molecule has 2 aromatic carbocycles. The summed E-state index contributed by atoms with van der Waals surface area (Å²) in [5.41, 5.74) is 3.84. The van der Waals surface area contributed by atoms with Crippen LogP contribution in [0.3, 0.4) is 0 Å². The van der Waals surface area contributed by atoms with Gasteiger partial charge < -0.3 is 15.4 Å². The highest BCUT2D eigenvalue weighted by Gasteiger charge is 2.22. The zero-order valence-corrected chi connectivity index (χ0v) is 19.5. The lowest BCUT2D eigenvalue weighted by Crippen LogP contribution is -2.44. The normalized spacial score (nSPS) is 18.3. The summed E-state index contributed by atoms with van der Waals surface area (Å²) in [5, 5.41) is 5.81. The van der Waals surface area contributed by atoms with E-state index < -0.39 is 0 Å². The average Bonchev–Trinajstić information content (AvgIpc) is 2.83. The first kappa shape index (κ1) is 23.6. The van der Waals surface area contributed by atoms with Crippen molar-refractivity contribution in [3.05, 3.63) is 95.3 Å². The fraction of sp³-hybridized carbons (Fsp3) is 0.296. The second kappa shape index (κ2) is 11.0. The van der Waals surface area contributed by atoms with Gasteiger partial charge in [0.25, 0.3) is 11.8 Å². The molecule has 1 aliphatic heterocycles. The summed E-state index contributed by atoms with van der Waals surface area (Å²) >= 11 is 0. The van der Waals surface area contributed by atoms with Crippen LogP contribution >= 0.6 is 0 Å². The van der Waals surface area contributed by atoms with E-state index in [1.807, 2.05) is 48.5 Å². The Hall–Kier alpha value is -3.55. The fourth-order valence-corrected chi connectivity index (χ4v) is 4.18. The molecule has 7 nitrogen and oxygen atoms in total. The second-order valence-corrected chi connectivity index (χ2v) is 8.73. The van der Waals surface area contributed by atoms with Crippen LogP contribution in [0.2, 0.25) is 0 Å². The number of carbonyl (C=O) groups excluding carboxylic acids is 2. The van der Waals surface area contributed by atoms with Gasteiger partial charge >= 0.3 is 0 Å². The van der Waals surface area contributed by atoms with E-state index in [1.165, 1.54) is 11.8 Å². The SMILES string of the molecule is CC1CN(Cc2ccc(C(=O)NCc3cccc(NC(=O)c4cccnc4)c3)cc2)CC(C)O1. The first-order valence-electron chi connectivity index (χ1n) is 11.5. The summed E-state index contributed by atoms with van der Waals surface area (Å²) in [4.78, 5) is 31.3. The van der Waals surface area contributed by atoms with Crippen molar-refractivity contribution in [2.45, 2.75) is 39.1 Å². The van der Waals surface area contributed by atoms with Crippen LogP contribution in [0.4, 0.5) is 5.69 Å². The van der Waals surface area contributed by atoms with Crippen LogP contribution in [-0.4, -0.2) is 47.0 Å². The largest absolute Gasteiger partial charge is 0.373 e. The molecule has 0 spiro atoms. The number of amides is 2. The van der Waals surface area contributed by atoms with Crippen molar-refractivity contribution in [3.8, 4) is 0 Å². The van der Waals surface area contributed by atoms with Crippen molar-refractivity contribution in [1.82, 2.24) is 15.2 Å². The highest BCUT2D eigenvalue weighted by molar-refractivity contribution is 6.04. The zero-order valence-electron chi connectivity index (χ0n) is 19.5. The Kier molecular flexibility index (Phi) is 7.67. The molecule has 2 unspecified atom stereocenters. The van der Waals surface area contributed by atoms with Crippen molar-refractivity contribution in [2.24, 2.45) is 0 Å². The van der Waals surface area contributed by atoms with Gasteiger partial charge in [0.05, 0.1) is 17.8 Å². The first-order valence-corrected chi connectivity index (χ1v) is 11.5. The van der Waals surface area contributed by atoms with E-state index in [2.05, 4.69) is 34.4 Å². The van der Waals surface area contributed by atoms with E-state index in [0.29, 0.717) is 23.4 Å². The fourth-order valence-electron chi connectivity index (χ4n) is 4.18. The summed E-state index contributed by atoms with van der Waals surface area (Å²) in [5.74, 6) is -0.361. The minimum absolute atomic E-state index is 0.134. The molecule has 7 heteroatoms. The molecule has 1 aliphatic rings. The van der Waals surface area contributed by atoms with E-state index in [0.717, 1.165) is 25.2 Å². The number of rotatable bonds is 7. The maximum atomic E-state index is 12.6. The quantitative estimate of drug-likeness (QED) is 0.562. The Morgan fingerprint density at radius 2 is 1.71 bits per heavy atom. The topological polar surface area (TPSA) is 83.6 Å². The van der Waals surface area contributed by atoms with Crippen LogP contribution in [-0.2, 0) is 17.8 Å². The molecular formula is C27H30N4O3. The zero-order chi connectivity index (χ0) is 23.9. The van der Waals surface area contributed by atoms with Crippen LogP contribution in [0, 0.1) is 0 Å². The molecule has 2 N–H and O–H groups in total. The van der Waals surface area contributed by atoms with E-state index in [9.17, 15) is 9.59 Å². The van der Waals surface area contributed by atoms with Crippen LogP contribution in [0.5, 0.6) is 0 Å². The number of benzene rings is 2. The summed E-state index contributed by atoms with van der Waals surface area (Å²) < 4.78 is 5.80. The molecule has 176 valence electrons. The summed E-state index contributed by atoms with van der Waals surface area (Å²) in [7, 11) is 0. The monoisotopic (exact) mass is 458 g/mol. The molecule has 1 saturated heterocycles. The third-order valence-corrected chi connectivity index (χ3v) is 5.68. The molecule has 1 fully saturated rings. The van der Waals surface area contributed by atoms with Crippen molar-refractivity contribution in [3.63, 3.8) is 0 Å². The van der Waals surface area contributed by atoms with Gasteiger partial charge in [0, 0.05) is 49.8 Å². The Labute approximate surface area is 200 Å². The van der Waals surface area contributed by atoms with Gasteiger partial charge in [-0.05, 0) is 61.4 Å². The number of nitrogens with zero attached hydrogens (tertiary/aromatic N) is 2. The average molecular weight is 459 g/mol. The van der Waals surface area contributed by atoms with Crippen molar-refractivity contribution in [2.75, 3.05) is 18.4 Å². The summed E-state index contributed by atoms with van der Waals surface area (Å²) in [6.45, 7) is 7.22. The molecule has 4 rings (SSSR count). The summed E-state index contributed by atoms with van der Waals surface area (Å²) in [6.07, 6.45) is 3.61. The molecular weight excluding hydrogens is 428 g/mol. The number of nitrogens with one attached hydrogen (secondary N) is 2. The van der Waals surface area contributed by atoms with Crippen LogP contribution < -0.4 is 10.6 Å². The lowest BCUT2D eigenvalue weighted by molar-refractivity contribution is -0.0704. The van der Waals surface area contributed by atoms with E-state index in [4.69, 9.17) is 4.74 Å². The van der Waals surface area contributed by atoms with Gasteiger partial charge in [0.1, 0.15) is 0 Å². The molecule has 1 aromatic heterocycles. The highest BCUT2D eigenvalue weighted by atomic mass is 16.5. The number of pyridine rings is 1. The van der Waals surface area contributed by atoms with Crippen molar-refractivity contribution in [1.29, 1.82) is 0 Å². The third-order valence-electron chi connectivity index (χ3n) is 5.68. The second-order valence-electron chi connectivity index (χ2n) is 8.73. The van der Waals surface area contributed by atoms with E-state index in [1.54, 1.807) is 18.3 Å². The lowest BCUT2D eigenvalue weighted by Gasteiger charge is -2.35. The van der Waals surface area contributed by atoms with Gasteiger partial charge in [-0.3, -0.25) is 19.5 Å². The van der Waals surface area contributed by atoms with Crippen LogP contribution in [0.15, 0.2) is 73.1 Å². The lowest BCUT2D eigenvalue weighted by atomic mass is 10.1. The Bertz CT molecular complexity index is 1110. The van der Waals surface area contributed by atoms with E-state index >= 15 is 0 Å². The maximum Gasteiger partial charge on any atom is 0.257 e. The Morgan fingerprint density at radius 3 is 2.41 bits per heavy atom. The molecule has 3 aromatic rings. The molecule has 0 saturated carbocycles. The summed E-state index contributed by atoms with van der Waals surface area (Å²) in [6, 6.07) is 18.6. The number of morpholine rings is 1. The molecule has 34 heavy (non-hydrogen) atoms. The molecule has 2 amide bonds. The van der Waals surface area contributed by atoms with Crippen molar-refractivity contribution >= 4 is 17.5 Å². The molecule has 2 heterocycles. The molecule has 2 atom stereocenters. The maximum absolute atomic E-state index is 12.6. The number of carbonyl (C=O) groups is 2. The number of hydrogen-bond acceptors (Lipinski definition) is 5. The predicted octanol–water partition coefficient (Wildman–Crippen LogP) is 3.87. The van der Waals surface area contributed by atoms with Gasteiger partial charge in [-0.1, -0.05) is 24.3 Å². The molecule has 0 aliphatic carbocycles. The number of anilines is 1. The highest BCUT2D eigenvalue weighted by Crippen LogP contribution is 2.16. The van der Waals surface area contributed by atoms with Crippen LogP contribution in [0.25, 0.3) is 0 Å². The van der Waals surface area contributed by atoms with Gasteiger partial charge in [0.15, 0.2) is 0 Å². The van der Waals surface area contributed by atoms with Crippen LogP contribution in [0.1, 0.15) is 45.7 Å². The molecule has 0 radical (unpaired) electrons. The number of aromatic nitrogens is 1. The van der Waals surface area contributed by atoms with Gasteiger partial charge in [0.2, 0.25) is 0 Å². The smallest absolute Gasteiger partial charge is 0.257 e. The number of ether oxygens (including phenoxy) is 1. The van der Waals surface area contributed by atoms with Gasteiger partial charge in [-0.25, -0.2) is 0 Å². The molecule has 0 bridgehead atoms. The standard InChI is InChI=1S/C27H30N4O3/c1-19-16-31(17-20(2)34-19)18-21-8-10-23(11-9-21)26(32)29-14-22-5-3-7-25(13-22)30-27(33)24-6-4-12-28-15-24/h3-13,15,19-20H,14,16-18H2,1-2H3,(H,29,32)(H,30,33). The van der Waals surface area contributed by atoms with Gasteiger partial charge in [-0.15, -0.1) is 0 Å². The van der Waals surface area contributed by atoms with E-state index in [-0.39, 0.29) is 24.0 Å². The Balaban J connectivity index is 1.29. The minimum Gasteiger partial charge on any atom is -0.373 e. The first-order chi connectivity index (χ1) is 16.5.